The van der Waals surface area contributed by atoms with E-state index in [0.717, 1.165) is 0 Å². The molecule has 0 fully saturated rings. The van der Waals surface area contributed by atoms with E-state index in [1.54, 1.807) is 18.2 Å². The molecule has 0 saturated heterocycles. The Labute approximate surface area is 104 Å². The number of nitrogens with zero attached hydrogens (tertiary/aromatic N) is 2. The van der Waals surface area contributed by atoms with Gasteiger partial charge in [-0.3, -0.25) is 4.79 Å². The molecule has 2 aromatic rings. The third-order valence-electron chi connectivity index (χ3n) is 2.90. The van der Waals surface area contributed by atoms with Crippen molar-refractivity contribution in [1.82, 2.24) is 20.7 Å². The third kappa shape index (κ3) is 2.48. The molecule has 0 aliphatic heterocycles. The molecule has 1 heterocycles. The monoisotopic (exact) mass is 248 g/mol. The van der Waals surface area contributed by atoms with E-state index in [1.807, 2.05) is 13.8 Å². The van der Waals surface area contributed by atoms with Crippen LogP contribution >= 0.6 is 0 Å². The normalized spacial score (nSPS) is 12.9. The van der Waals surface area contributed by atoms with Gasteiger partial charge in [0.05, 0.1) is 12.6 Å². The van der Waals surface area contributed by atoms with Gasteiger partial charge in [0.1, 0.15) is 11.0 Å². The lowest BCUT2D eigenvalue weighted by Crippen LogP contribution is -2.41. The molecule has 0 bridgehead atoms. The van der Waals surface area contributed by atoms with Crippen LogP contribution in [0, 0.1) is 5.92 Å². The molecule has 6 heteroatoms. The number of aromatic nitrogens is 3. The van der Waals surface area contributed by atoms with E-state index in [0.29, 0.717) is 16.6 Å². The van der Waals surface area contributed by atoms with Crippen molar-refractivity contribution in [3.8, 4) is 0 Å². The molecule has 1 unspecified atom stereocenters. The molecular weight excluding hydrogens is 232 g/mol. The van der Waals surface area contributed by atoms with Crippen LogP contribution in [0.15, 0.2) is 18.2 Å². The summed E-state index contributed by atoms with van der Waals surface area (Å²) in [5.41, 5.74) is 1.87. The third-order valence-corrected chi connectivity index (χ3v) is 2.90. The summed E-state index contributed by atoms with van der Waals surface area (Å²) in [4.78, 5) is 12.0. The van der Waals surface area contributed by atoms with Gasteiger partial charge in [0, 0.05) is 5.56 Å². The lowest BCUT2D eigenvalue weighted by molar-refractivity contribution is 0.0897. The van der Waals surface area contributed by atoms with Crippen molar-refractivity contribution < 1.29 is 9.90 Å². The maximum absolute atomic E-state index is 12.0. The molecule has 1 atom stereocenters. The van der Waals surface area contributed by atoms with Crippen LogP contribution in [0.25, 0.3) is 11.0 Å². The Hall–Kier alpha value is -1.95. The second-order valence-electron chi connectivity index (χ2n) is 4.53. The first-order valence-electron chi connectivity index (χ1n) is 5.84. The number of carbonyl (C=O) groups excluding carboxylic acids is 1. The standard InChI is InChI=1S/C12H16N4O2/c1-7(2)11(6-17)13-12(18)8-3-4-9-10(5-8)15-16-14-9/h3-5,7,11,17H,6H2,1-2H3,(H,13,18)(H,14,15,16). The number of aromatic amines is 1. The molecule has 0 aliphatic carbocycles. The van der Waals surface area contributed by atoms with Gasteiger partial charge in [-0.1, -0.05) is 13.8 Å². The Morgan fingerprint density at radius 2 is 2.11 bits per heavy atom. The highest BCUT2D eigenvalue weighted by atomic mass is 16.3. The highest BCUT2D eigenvalue weighted by Gasteiger charge is 2.16. The smallest absolute Gasteiger partial charge is 0.251 e. The minimum atomic E-state index is -0.245. The number of carbonyl (C=O) groups is 1. The summed E-state index contributed by atoms with van der Waals surface area (Å²) >= 11 is 0. The van der Waals surface area contributed by atoms with Gasteiger partial charge in [-0.05, 0) is 24.1 Å². The van der Waals surface area contributed by atoms with Crippen LogP contribution in [-0.4, -0.2) is 39.1 Å². The largest absolute Gasteiger partial charge is 0.394 e. The lowest BCUT2D eigenvalue weighted by atomic mass is 10.0. The van der Waals surface area contributed by atoms with Crippen LogP contribution in [0.2, 0.25) is 0 Å². The summed E-state index contributed by atoms with van der Waals surface area (Å²) in [7, 11) is 0. The number of hydrogen-bond acceptors (Lipinski definition) is 4. The van der Waals surface area contributed by atoms with E-state index >= 15 is 0 Å². The van der Waals surface area contributed by atoms with Crippen LogP contribution in [0.5, 0.6) is 0 Å². The number of nitrogens with one attached hydrogen (secondary N) is 2. The first-order chi connectivity index (χ1) is 8.61. The van der Waals surface area contributed by atoms with Crippen molar-refractivity contribution in [2.75, 3.05) is 6.61 Å². The molecule has 0 saturated carbocycles. The summed E-state index contributed by atoms with van der Waals surface area (Å²) in [6.45, 7) is 3.82. The minimum absolute atomic E-state index is 0.0738. The topological polar surface area (TPSA) is 90.9 Å². The van der Waals surface area contributed by atoms with Crippen LogP contribution < -0.4 is 5.32 Å². The van der Waals surface area contributed by atoms with E-state index in [1.165, 1.54) is 0 Å². The van der Waals surface area contributed by atoms with E-state index in [2.05, 4.69) is 20.7 Å². The fourth-order valence-electron chi connectivity index (χ4n) is 1.66. The van der Waals surface area contributed by atoms with Crippen molar-refractivity contribution >= 4 is 16.9 Å². The molecule has 1 aromatic heterocycles. The number of aliphatic hydroxyl groups is 1. The second kappa shape index (κ2) is 5.14. The Balaban J connectivity index is 2.17. The van der Waals surface area contributed by atoms with Crippen molar-refractivity contribution in [1.29, 1.82) is 0 Å². The van der Waals surface area contributed by atoms with E-state index in [-0.39, 0.29) is 24.5 Å². The molecule has 1 aromatic carbocycles. The fraction of sp³-hybridized carbons (Fsp3) is 0.417. The van der Waals surface area contributed by atoms with Crippen molar-refractivity contribution in [2.45, 2.75) is 19.9 Å². The van der Waals surface area contributed by atoms with E-state index < -0.39 is 0 Å². The van der Waals surface area contributed by atoms with Crippen molar-refractivity contribution in [3.63, 3.8) is 0 Å². The molecule has 1 amide bonds. The summed E-state index contributed by atoms with van der Waals surface area (Å²) in [6, 6.07) is 4.85. The molecule has 0 aliphatic rings. The Bertz CT molecular complexity index is 550. The number of amides is 1. The summed E-state index contributed by atoms with van der Waals surface area (Å²) in [5.74, 6) is -0.0395. The van der Waals surface area contributed by atoms with Crippen LogP contribution in [0.3, 0.4) is 0 Å². The first-order valence-corrected chi connectivity index (χ1v) is 5.84. The van der Waals surface area contributed by atoms with Gasteiger partial charge in [0.25, 0.3) is 5.91 Å². The van der Waals surface area contributed by atoms with Gasteiger partial charge in [-0.25, -0.2) is 0 Å². The number of rotatable bonds is 4. The molecule has 0 spiro atoms. The van der Waals surface area contributed by atoms with Gasteiger partial charge < -0.3 is 10.4 Å². The van der Waals surface area contributed by atoms with E-state index in [4.69, 9.17) is 0 Å². The fourth-order valence-corrected chi connectivity index (χ4v) is 1.66. The van der Waals surface area contributed by atoms with Crippen LogP contribution in [0.4, 0.5) is 0 Å². The number of aliphatic hydroxyl groups excluding tert-OH is 1. The summed E-state index contributed by atoms with van der Waals surface area (Å²) in [6.07, 6.45) is 0. The maximum Gasteiger partial charge on any atom is 0.251 e. The van der Waals surface area contributed by atoms with Gasteiger partial charge >= 0.3 is 0 Å². The van der Waals surface area contributed by atoms with Crippen molar-refractivity contribution in [2.24, 2.45) is 5.92 Å². The quantitative estimate of drug-likeness (QED) is 0.743. The minimum Gasteiger partial charge on any atom is -0.394 e. The highest BCUT2D eigenvalue weighted by molar-refractivity contribution is 5.97. The zero-order valence-electron chi connectivity index (χ0n) is 10.3. The second-order valence-corrected chi connectivity index (χ2v) is 4.53. The number of H-pyrrole nitrogens is 1. The van der Waals surface area contributed by atoms with Gasteiger partial charge in [-0.2, -0.15) is 15.4 Å². The maximum atomic E-state index is 12.0. The first kappa shape index (κ1) is 12.5. The van der Waals surface area contributed by atoms with Crippen LogP contribution in [-0.2, 0) is 0 Å². The number of benzene rings is 1. The van der Waals surface area contributed by atoms with Gasteiger partial charge in [0.2, 0.25) is 0 Å². The van der Waals surface area contributed by atoms with E-state index in [9.17, 15) is 9.90 Å². The Morgan fingerprint density at radius 1 is 1.39 bits per heavy atom. The molecular formula is C12H16N4O2. The zero-order chi connectivity index (χ0) is 13.1. The number of fused-ring (bicyclic) bond motifs is 1. The zero-order valence-corrected chi connectivity index (χ0v) is 10.3. The molecule has 0 radical (unpaired) electrons. The van der Waals surface area contributed by atoms with Crippen molar-refractivity contribution in [3.05, 3.63) is 23.8 Å². The molecule has 6 nitrogen and oxygen atoms in total. The average molecular weight is 248 g/mol. The Kier molecular flexibility index (Phi) is 3.57. The summed E-state index contributed by atoms with van der Waals surface area (Å²) < 4.78 is 0. The van der Waals surface area contributed by atoms with Gasteiger partial charge in [0.15, 0.2) is 0 Å². The predicted octanol–water partition coefficient (Wildman–Crippen LogP) is 0.705. The predicted molar refractivity (Wildman–Crippen MR) is 67.1 cm³/mol. The highest BCUT2D eigenvalue weighted by Crippen LogP contribution is 2.11. The SMILES string of the molecule is CC(C)C(CO)NC(=O)c1ccc2n[nH]nc2c1. The van der Waals surface area contributed by atoms with Crippen LogP contribution in [0.1, 0.15) is 24.2 Å². The number of hydrogen-bond donors (Lipinski definition) is 3. The average Bonchev–Trinajstić information content (AvgIpc) is 2.82. The molecule has 18 heavy (non-hydrogen) atoms. The lowest BCUT2D eigenvalue weighted by Gasteiger charge is -2.19. The summed E-state index contributed by atoms with van der Waals surface area (Å²) in [5, 5.41) is 22.3. The molecule has 3 N–H and O–H groups in total. The Morgan fingerprint density at radius 3 is 2.78 bits per heavy atom. The van der Waals surface area contributed by atoms with Gasteiger partial charge in [-0.15, -0.1) is 0 Å². The molecule has 2 rings (SSSR count). The molecule has 96 valence electrons.